The molecule has 0 unspecified atom stereocenters. The van der Waals surface area contributed by atoms with E-state index in [1.54, 1.807) is 7.11 Å². The SMILES string of the molecule is COc1ccc(C)cc1C(=O)N(CCCCl)C1CCC1. The van der Waals surface area contributed by atoms with E-state index in [9.17, 15) is 4.79 Å². The molecule has 1 amide bonds. The molecule has 1 aliphatic carbocycles. The second-order valence-electron chi connectivity index (χ2n) is 5.33. The second-order valence-corrected chi connectivity index (χ2v) is 5.71. The van der Waals surface area contributed by atoms with Gasteiger partial charge in [0.2, 0.25) is 0 Å². The Hall–Kier alpha value is -1.22. The summed E-state index contributed by atoms with van der Waals surface area (Å²) in [7, 11) is 1.61. The summed E-state index contributed by atoms with van der Waals surface area (Å²) in [5, 5.41) is 0. The van der Waals surface area contributed by atoms with Gasteiger partial charge in [0, 0.05) is 18.5 Å². The average Bonchev–Trinajstić information content (AvgIpc) is 2.40. The fourth-order valence-electron chi connectivity index (χ4n) is 2.52. The quantitative estimate of drug-likeness (QED) is 0.750. The highest BCUT2D eigenvalue weighted by Gasteiger charge is 2.30. The number of ether oxygens (including phenoxy) is 1. The Morgan fingerprint density at radius 1 is 1.45 bits per heavy atom. The van der Waals surface area contributed by atoms with Crippen molar-refractivity contribution in [1.82, 2.24) is 4.90 Å². The number of benzene rings is 1. The summed E-state index contributed by atoms with van der Waals surface area (Å²) in [6, 6.07) is 6.11. The van der Waals surface area contributed by atoms with Crippen molar-refractivity contribution in [3.8, 4) is 5.75 Å². The monoisotopic (exact) mass is 295 g/mol. The summed E-state index contributed by atoms with van der Waals surface area (Å²) in [6.07, 6.45) is 4.24. The summed E-state index contributed by atoms with van der Waals surface area (Å²) in [5.74, 6) is 1.30. The fourth-order valence-corrected chi connectivity index (χ4v) is 2.64. The second kappa shape index (κ2) is 6.98. The molecule has 0 N–H and O–H groups in total. The minimum atomic E-state index is 0.0698. The van der Waals surface area contributed by atoms with Gasteiger partial charge in [-0.1, -0.05) is 11.6 Å². The maximum Gasteiger partial charge on any atom is 0.257 e. The van der Waals surface area contributed by atoms with Crippen molar-refractivity contribution in [2.75, 3.05) is 19.5 Å². The first-order chi connectivity index (χ1) is 9.67. The molecule has 1 saturated carbocycles. The lowest BCUT2D eigenvalue weighted by atomic mass is 9.90. The van der Waals surface area contributed by atoms with Crippen LogP contribution < -0.4 is 4.74 Å². The Morgan fingerprint density at radius 3 is 2.75 bits per heavy atom. The summed E-state index contributed by atoms with van der Waals surface area (Å²) in [6.45, 7) is 2.72. The van der Waals surface area contributed by atoms with Crippen molar-refractivity contribution in [3.63, 3.8) is 0 Å². The predicted octanol–water partition coefficient (Wildman–Crippen LogP) is 3.63. The molecule has 2 rings (SSSR count). The Bertz CT molecular complexity index is 472. The van der Waals surface area contributed by atoms with Gasteiger partial charge in [-0.25, -0.2) is 0 Å². The summed E-state index contributed by atoms with van der Waals surface area (Å²) < 4.78 is 5.33. The zero-order chi connectivity index (χ0) is 14.5. The van der Waals surface area contributed by atoms with E-state index in [-0.39, 0.29) is 5.91 Å². The van der Waals surface area contributed by atoms with Crippen molar-refractivity contribution >= 4 is 17.5 Å². The number of nitrogens with zero attached hydrogens (tertiary/aromatic N) is 1. The van der Waals surface area contributed by atoms with E-state index in [0.29, 0.717) is 23.2 Å². The number of amides is 1. The summed E-state index contributed by atoms with van der Waals surface area (Å²) in [5.41, 5.74) is 1.73. The highest BCUT2D eigenvalue weighted by atomic mass is 35.5. The van der Waals surface area contributed by atoms with Crippen molar-refractivity contribution in [2.45, 2.75) is 38.6 Å². The molecule has 1 fully saturated rings. The lowest BCUT2D eigenvalue weighted by Crippen LogP contribution is -2.45. The largest absolute Gasteiger partial charge is 0.496 e. The highest BCUT2D eigenvalue weighted by Crippen LogP contribution is 2.29. The van der Waals surface area contributed by atoms with E-state index in [1.807, 2.05) is 30.0 Å². The molecule has 0 spiro atoms. The standard InChI is InChI=1S/C16H22ClNO2/c1-12-7-8-15(20-2)14(11-12)16(19)18(10-4-9-17)13-5-3-6-13/h7-8,11,13H,3-6,9-10H2,1-2H3. The van der Waals surface area contributed by atoms with Crippen molar-refractivity contribution in [2.24, 2.45) is 0 Å². The third-order valence-electron chi connectivity index (χ3n) is 3.89. The molecular formula is C16H22ClNO2. The summed E-state index contributed by atoms with van der Waals surface area (Å²) in [4.78, 5) is 14.8. The zero-order valence-corrected chi connectivity index (χ0v) is 12.9. The van der Waals surface area contributed by atoms with Gasteiger partial charge in [-0.15, -0.1) is 11.6 Å². The van der Waals surface area contributed by atoms with E-state index in [0.717, 1.165) is 31.4 Å². The van der Waals surface area contributed by atoms with Gasteiger partial charge in [-0.2, -0.15) is 0 Å². The summed E-state index contributed by atoms with van der Waals surface area (Å²) >= 11 is 5.78. The van der Waals surface area contributed by atoms with Gasteiger partial charge in [-0.3, -0.25) is 4.79 Å². The van der Waals surface area contributed by atoms with Crippen LogP contribution in [0.5, 0.6) is 5.75 Å². The first-order valence-electron chi connectivity index (χ1n) is 7.19. The van der Waals surface area contributed by atoms with E-state index < -0.39 is 0 Å². The van der Waals surface area contributed by atoms with Crippen LogP contribution in [0.1, 0.15) is 41.6 Å². The van der Waals surface area contributed by atoms with Crippen molar-refractivity contribution < 1.29 is 9.53 Å². The molecule has 110 valence electrons. The highest BCUT2D eigenvalue weighted by molar-refractivity contribution is 6.17. The van der Waals surface area contributed by atoms with Gasteiger partial charge in [0.25, 0.3) is 5.91 Å². The van der Waals surface area contributed by atoms with Gasteiger partial charge in [0.15, 0.2) is 0 Å². The topological polar surface area (TPSA) is 29.5 Å². The number of methoxy groups -OCH3 is 1. The van der Waals surface area contributed by atoms with Gasteiger partial charge in [0.1, 0.15) is 5.75 Å². The smallest absolute Gasteiger partial charge is 0.257 e. The number of carbonyl (C=O) groups is 1. The first-order valence-corrected chi connectivity index (χ1v) is 7.72. The molecular weight excluding hydrogens is 274 g/mol. The van der Waals surface area contributed by atoms with Crippen LogP contribution in [0.4, 0.5) is 0 Å². The van der Waals surface area contributed by atoms with Crippen LogP contribution in [-0.2, 0) is 0 Å². The first kappa shape index (κ1) is 15.2. The molecule has 0 bridgehead atoms. The minimum Gasteiger partial charge on any atom is -0.496 e. The Labute approximate surface area is 125 Å². The number of halogens is 1. The number of rotatable bonds is 6. The van der Waals surface area contributed by atoms with Gasteiger partial charge >= 0.3 is 0 Å². The molecule has 20 heavy (non-hydrogen) atoms. The minimum absolute atomic E-state index is 0.0698. The maximum atomic E-state index is 12.8. The fraction of sp³-hybridized carbons (Fsp3) is 0.562. The molecule has 0 saturated heterocycles. The Morgan fingerprint density at radius 2 is 2.20 bits per heavy atom. The molecule has 0 heterocycles. The Balaban J connectivity index is 2.23. The van der Waals surface area contributed by atoms with Crippen molar-refractivity contribution in [3.05, 3.63) is 29.3 Å². The van der Waals surface area contributed by atoms with Crippen LogP contribution in [-0.4, -0.2) is 36.4 Å². The van der Waals surface area contributed by atoms with Gasteiger partial charge in [-0.05, 0) is 44.7 Å². The van der Waals surface area contributed by atoms with E-state index in [4.69, 9.17) is 16.3 Å². The number of alkyl halides is 1. The molecule has 0 radical (unpaired) electrons. The normalized spacial score (nSPS) is 14.8. The molecule has 4 heteroatoms. The number of carbonyl (C=O) groups excluding carboxylic acids is 1. The maximum absolute atomic E-state index is 12.8. The molecule has 0 aliphatic heterocycles. The van der Waals surface area contributed by atoms with Crippen LogP contribution in [0, 0.1) is 6.92 Å². The molecule has 1 aromatic rings. The van der Waals surface area contributed by atoms with Gasteiger partial charge in [0.05, 0.1) is 12.7 Å². The predicted molar refractivity (Wildman–Crippen MR) is 81.7 cm³/mol. The van der Waals surface area contributed by atoms with E-state index in [1.165, 1.54) is 6.42 Å². The number of aryl methyl sites for hydroxylation is 1. The van der Waals surface area contributed by atoms with Gasteiger partial charge < -0.3 is 9.64 Å². The average molecular weight is 296 g/mol. The third-order valence-corrected chi connectivity index (χ3v) is 4.16. The number of hydrogen-bond acceptors (Lipinski definition) is 2. The van der Waals surface area contributed by atoms with E-state index in [2.05, 4.69) is 0 Å². The van der Waals surface area contributed by atoms with Crippen LogP contribution in [0.3, 0.4) is 0 Å². The number of hydrogen-bond donors (Lipinski definition) is 0. The van der Waals surface area contributed by atoms with Crippen LogP contribution >= 0.6 is 11.6 Å². The van der Waals surface area contributed by atoms with Crippen LogP contribution in [0.25, 0.3) is 0 Å². The lowest BCUT2D eigenvalue weighted by molar-refractivity contribution is 0.0577. The molecule has 0 atom stereocenters. The lowest BCUT2D eigenvalue weighted by Gasteiger charge is -2.38. The zero-order valence-electron chi connectivity index (χ0n) is 12.2. The van der Waals surface area contributed by atoms with Crippen LogP contribution in [0.15, 0.2) is 18.2 Å². The van der Waals surface area contributed by atoms with Crippen molar-refractivity contribution in [1.29, 1.82) is 0 Å². The Kier molecular flexibility index (Phi) is 5.30. The molecule has 1 aromatic carbocycles. The van der Waals surface area contributed by atoms with Crippen LogP contribution in [0.2, 0.25) is 0 Å². The molecule has 0 aromatic heterocycles. The third kappa shape index (κ3) is 3.26. The van der Waals surface area contributed by atoms with E-state index >= 15 is 0 Å². The molecule has 1 aliphatic rings. The molecule has 3 nitrogen and oxygen atoms in total.